The number of amides is 3. The van der Waals surface area contributed by atoms with Crippen molar-refractivity contribution >= 4 is 17.7 Å². The minimum Gasteiger partial charge on any atom is -0.489 e. The van der Waals surface area contributed by atoms with Gasteiger partial charge in [0.2, 0.25) is 18.6 Å². The van der Waals surface area contributed by atoms with Gasteiger partial charge < -0.3 is 28.9 Å². The van der Waals surface area contributed by atoms with Crippen LogP contribution >= 0.6 is 0 Å². The standard InChI is InChI=1S/C31H37N3O6/c1-3-32(4-2)29(35)17-22-13-14-33-18-24(22)9-7-15-38-26-10-6-5-8-25(26)19-34(20-30(33)36)31(37)23-11-12-27-28(16-23)40-21-39-27/h5-12,16,22,24H,3-4,13-15,17-21H2,1-2H3/b9-7+/t22-,24-/m0/s1. The van der Waals surface area contributed by atoms with Gasteiger partial charge in [-0.15, -0.1) is 0 Å². The van der Waals surface area contributed by atoms with Gasteiger partial charge in [0.15, 0.2) is 11.5 Å². The van der Waals surface area contributed by atoms with E-state index in [9.17, 15) is 14.4 Å². The zero-order valence-corrected chi connectivity index (χ0v) is 23.2. The Kier molecular flexibility index (Phi) is 8.57. The number of ether oxygens (including phenoxy) is 3. The fourth-order valence-corrected chi connectivity index (χ4v) is 5.68. The SMILES string of the molecule is CCN(CC)C(=O)C[C@@H]1CCN2C[C@@H]1/C=C/COc1ccccc1CN(C(=O)c1ccc3c(c1)OCO3)CC2=O. The van der Waals surface area contributed by atoms with E-state index in [1.165, 1.54) is 0 Å². The molecule has 3 aliphatic heterocycles. The lowest BCUT2D eigenvalue weighted by Crippen LogP contribution is -2.48. The molecule has 2 bridgehead atoms. The van der Waals surface area contributed by atoms with E-state index in [1.807, 2.05) is 54.0 Å². The second-order valence-electron chi connectivity index (χ2n) is 10.4. The van der Waals surface area contributed by atoms with Gasteiger partial charge in [-0.25, -0.2) is 0 Å². The molecule has 0 unspecified atom stereocenters. The number of nitrogens with zero attached hydrogens (tertiary/aromatic N) is 3. The highest BCUT2D eigenvalue weighted by Crippen LogP contribution is 2.34. The van der Waals surface area contributed by atoms with E-state index < -0.39 is 0 Å². The summed E-state index contributed by atoms with van der Waals surface area (Å²) in [6, 6.07) is 12.7. The van der Waals surface area contributed by atoms with E-state index >= 15 is 0 Å². The molecular formula is C31H37N3O6. The van der Waals surface area contributed by atoms with Crippen molar-refractivity contribution in [2.75, 3.05) is 46.1 Å². The number of para-hydroxylation sites is 1. The third-order valence-corrected chi connectivity index (χ3v) is 8.00. The van der Waals surface area contributed by atoms with Gasteiger partial charge in [0, 0.05) is 43.7 Å². The molecule has 2 aromatic rings. The second-order valence-corrected chi connectivity index (χ2v) is 10.4. The van der Waals surface area contributed by atoms with Crippen LogP contribution < -0.4 is 14.2 Å². The highest BCUT2D eigenvalue weighted by Gasteiger charge is 2.34. The van der Waals surface area contributed by atoms with Crippen LogP contribution in [-0.4, -0.2) is 78.5 Å². The number of carbonyl (C=O) groups is 3. The maximum Gasteiger partial charge on any atom is 0.254 e. The van der Waals surface area contributed by atoms with Crippen molar-refractivity contribution in [3.8, 4) is 17.2 Å². The molecule has 3 amide bonds. The zero-order chi connectivity index (χ0) is 28.1. The van der Waals surface area contributed by atoms with Gasteiger partial charge in [-0.2, -0.15) is 0 Å². The first-order valence-corrected chi connectivity index (χ1v) is 14.1. The molecular weight excluding hydrogens is 510 g/mol. The summed E-state index contributed by atoms with van der Waals surface area (Å²) >= 11 is 0. The van der Waals surface area contributed by atoms with E-state index in [1.54, 1.807) is 23.1 Å². The Morgan fingerprint density at radius 3 is 2.60 bits per heavy atom. The molecule has 0 radical (unpaired) electrons. The molecule has 3 heterocycles. The van der Waals surface area contributed by atoms with E-state index in [4.69, 9.17) is 14.2 Å². The average Bonchev–Trinajstić information content (AvgIpc) is 3.44. The maximum absolute atomic E-state index is 13.8. The summed E-state index contributed by atoms with van der Waals surface area (Å²) in [4.78, 5) is 45.6. The van der Waals surface area contributed by atoms with Crippen LogP contribution in [0.5, 0.6) is 17.2 Å². The first kappa shape index (κ1) is 27.6. The normalized spacial score (nSPS) is 21.3. The first-order valence-electron chi connectivity index (χ1n) is 14.1. The largest absolute Gasteiger partial charge is 0.489 e. The van der Waals surface area contributed by atoms with Crippen molar-refractivity contribution in [2.45, 2.75) is 33.2 Å². The molecule has 0 saturated carbocycles. The number of hydrogen-bond acceptors (Lipinski definition) is 6. The van der Waals surface area contributed by atoms with Crippen LogP contribution in [0.3, 0.4) is 0 Å². The molecule has 9 heteroatoms. The summed E-state index contributed by atoms with van der Waals surface area (Å²) in [5, 5.41) is 0. The van der Waals surface area contributed by atoms with Crippen LogP contribution in [0.1, 0.15) is 42.6 Å². The fraction of sp³-hybridized carbons (Fsp3) is 0.452. The first-order chi connectivity index (χ1) is 19.5. The lowest BCUT2D eigenvalue weighted by molar-refractivity contribution is -0.135. The molecule has 212 valence electrons. The molecule has 3 aliphatic rings. The minimum atomic E-state index is -0.272. The van der Waals surface area contributed by atoms with Gasteiger partial charge in [0.1, 0.15) is 18.9 Å². The van der Waals surface area contributed by atoms with Crippen LogP contribution in [-0.2, 0) is 16.1 Å². The molecule has 1 fully saturated rings. The Morgan fingerprint density at radius 1 is 0.975 bits per heavy atom. The lowest BCUT2D eigenvalue weighted by Gasteiger charge is -2.38. The smallest absolute Gasteiger partial charge is 0.254 e. The maximum atomic E-state index is 13.8. The predicted octanol–water partition coefficient (Wildman–Crippen LogP) is 3.73. The van der Waals surface area contributed by atoms with Gasteiger partial charge in [0.05, 0.1) is 6.54 Å². The van der Waals surface area contributed by atoms with Crippen molar-refractivity contribution in [1.82, 2.24) is 14.7 Å². The van der Waals surface area contributed by atoms with E-state index in [2.05, 4.69) is 6.08 Å². The van der Waals surface area contributed by atoms with Crippen LogP contribution in [0.15, 0.2) is 54.6 Å². The van der Waals surface area contributed by atoms with E-state index in [0.29, 0.717) is 62.0 Å². The van der Waals surface area contributed by atoms with Crippen molar-refractivity contribution < 1.29 is 28.6 Å². The van der Waals surface area contributed by atoms with Gasteiger partial charge in [0.25, 0.3) is 5.91 Å². The summed E-state index contributed by atoms with van der Waals surface area (Å²) in [5.41, 5.74) is 1.24. The summed E-state index contributed by atoms with van der Waals surface area (Å²) < 4.78 is 17.0. The summed E-state index contributed by atoms with van der Waals surface area (Å²) in [6.45, 7) is 7.04. The van der Waals surface area contributed by atoms with Gasteiger partial charge >= 0.3 is 0 Å². The summed E-state index contributed by atoms with van der Waals surface area (Å²) in [6.07, 6.45) is 5.26. The van der Waals surface area contributed by atoms with E-state index in [0.717, 1.165) is 12.0 Å². The number of benzene rings is 2. The third-order valence-electron chi connectivity index (χ3n) is 8.00. The molecule has 40 heavy (non-hydrogen) atoms. The fourth-order valence-electron chi connectivity index (χ4n) is 5.68. The van der Waals surface area contributed by atoms with Crippen LogP contribution in [0.2, 0.25) is 0 Å². The Balaban J connectivity index is 1.41. The lowest BCUT2D eigenvalue weighted by atomic mass is 9.82. The quantitative estimate of drug-likeness (QED) is 0.530. The van der Waals surface area contributed by atoms with Gasteiger partial charge in [-0.3, -0.25) is 14.4 Å². The zero-order valence-electron chi connectivity index (χ0n) is 23.2. The molecule has 0 aliphatic carbocycles. The number of hydrogen-bond donors (Lipinski definition) is 0. The Labute approximate surface area is 235 Å². The summed E-state index contributed by atoms with van der Waals surface area (Å²) in [7, 11) is 0. The topological polar surface area (TPSA) is 88.6 Å². The molecule has 2 atom stereocenters. The minimum absolute atomic E-state index is 0.0230. The molecule has 5 rings (SSSR count). The summed E-state index contributed by atoms with van der Waals surface area (Å²) in [5.74, 6) is 1.70. The Morgan fingerprint density at radius 2 is 1.77 bits per heavy atom. The number of fused-ring (bicyclic) bond motifs is 4. The third kappa shape index (κ3) is 6.08. The Hall–Kier alpha value is -4.01. The van der Waals surface area contributed by atoms with Crippen molar-refractivity contribution in [1.29, 1.82) is 0 Å². The van der Waals surface area contributed by atoms with Crippen molar-refractivity contribution in [2.24, 2.45) is 11.8 Å². The predicted molar refractivity (Wildman–Crippen MR) is 149 cm³/mol. The van der Waals surface area contributed by atoms with Gasteiger partial charge in [-0.1, -0.05) is 30.4 Å². The highest BCUT2D eigenvalue weighted by molar-refractivity contribution is 5.97. The average molecular weight is 548 g/mol. The second kappa shape index (κ2) is 12.4. The van der Waals surface area contributed by atoms with E-state index in [-0.39, 0.29) is 49.4 Å². The number of rotatable bonds is 5. The highest BCUT2D eigenvalue weighted by atomic mass is 16.7. The molecule has 0 aromatic heterocycles. The molecule has 0 spiro atoms. The molecule has 0 N–H and O–H groups in total. The van der Waals surface area contributed by atoms with Gasteiger partial charge in [-0.05, 0) is 56.4 Å². The molecule has 9 nitrogen and oxygen atoms in total. The van der Waals surface area contributed by atoms with Crippen molar-refractivity contribution in [3.63, 3.8) is 0 Å². The van der Waals surface area contributed by atoms with Crippen LogP contribution in [0.4, 0.5) is 0 Å². The van der Waals surface area contributed by atoms with Crippen molar-refractivity contribution in [3.05, 3.63) is 65.7 Å². The van der Waals surface area contributed by atoms with Crippen LogP contribution in [0, 0.1) is 11.8 Å². The monoisotopic (exact) mass is 547 g/mol. The number of carbonyl (C=O) groups excluding carboxylic acids is 3. The van der Waals surface area contributed by atoms with Crippen LogP contribution in [0.25, 0.3) is 0 Å². The Bertz CT molecular complexity index is 1270. The molecule has 1 saturated heterocycles. The molecule has 2 aromatic carbocycles. The number of piperidine rings is 1.